The largest absolute Gasteiger partial charge is 0.282 e. The van der Waals surface area contributed by atoms with Crippen molar-refractivity contribution in [1.29, 1.82) is 0 Å². The summed E-state index contributed by atoms with van der Waals surface area (Å²) in [4.78, 5) is 9.21. The van der Waals surface area contributed by atoms with Gasteiger partial charge in [0, 0.05) is 6.92 Å². The zero-order valence-corrected chi connectivity index (χ0v) is 4.54. The monoisotopic (exact) mass is 112 g/mol. The molecule has 0 aromatic carbocycles. The van der Waals surface area contributed by atoms with Crippen LogP contribution in [-0.4, -0.2) is 5.24 Å². The molecule has 0 spiro atoms. The van der Waals surface area contributed by atoms with E-state index in [-0.39, 0.29) is 18.7 Å². The number of carbonyl (C=O) groups excluding carboxylic acids is 1. The second-order valence-corrected chi connectivity index (χ2v) is 1.00. The summed E-state index contributed by atoms with van der Waals surface area (Å²) >= 11 is 4.64. The van der Waals surface area contributed by atoms with E-state index in [4.69, 9.17) is 0 Å². The smallest absolute Gasteiger partial charge is 0.218 e. The van der Waals surface area contributed by atoms with Crippen LogP contribution >= 0.6 is 25.1 Å². The van der Waals surface area contributed by atoms with Crippen molar-refractivity contribution in [1.82, 2.24) is 0 Å². The van der Waals surface area contributed by atoms with Crippen LogP contribution in [0.15, 0.2) is 0 Å². The van der Waals surface area contributed by atoms with Crippen LogP contribution in [0.4, 0.5) is 0 Å². The Hall–Kier alpha value is 0.310. The summed E-state index contributed by atoms with van der Waals surface area (Å²) in [5.41, 5.74) is 0. The molecule has 3 heteroatoms. The maximum absolute atomic E-state index is 9.21. The predicted octanol–water partition coefficient (Wildman–Crippen LogP) is 0.884. The molecule has 0 fully saturated rings. The molecule has 0 bridgehead atoms. The average molecular weight is 113 g/mol. The van der Waals surface area contributed by atoms with Crippen molar-refractivity contribution >= 4 is 30.3 Å². The molecule has 0 aromatic rings. The fourth-order valence-electron chi connectivity index (χ4n) is 0. The molecule has 0 saturated carbocycles. The summed E-state index contributed by atoms with van der Waals surface area (Å²) in [6.07, 6.45) is 0. The van der Waals surface area contributed by atoms with Gasteiger partial charge in [-0.25, -0.2) is 0 Å². The SMILES string of the molecule is CC(=O)Cl.S. The van der Waals surface area contributed by atoms with E-state index in [2.05, 4.69) is 11.6 Å². The van der Waals surface area contributed by atoms with E-state index < -0.39 is 0 Å². The van der Waals surface area contributed by atoms with Crippen LogP contribution in [0.1, 0.15) is 6.92 Å². The zero-order valence-electron chi connectivity index (χ0n) is 2.79. The third-order valence-corrected chi connectivity index (χ3v) is 0. The van der Waals surface area contributed by atoms with Crippen LogP contribution in [0.25, 0.3) is 0 Å². The first kappa shape index (κ1) is 9.00. The van der Waals surface area contributed by atoms with Gasteiger partial charge in [0.05, 0.1) is 0 Å². The normalized spacial score (nSPS) is 5.20. The highest BCUT2D eigenvalue weighted by molar-refractivity contribution is 7.59. The molecule has 0 heterocycles. The first-order chi connectivity index (χ1) is 1.73. The second kappa shape index (κ2) is 4.31. The maximum Gasteiger partial charge on any atom is 0.218 e. The lowest BCUT2D eigenvalue weighted by Crippen LogP contribution is -1.62. The Morgan fingerprint density at radius 3 is 1.80 bits per heavy atom. The highest BCUT2D eigenvalue weighted by atomic mass is 35.5. The molecule has 0 unspecified atom stereocenters. The average Bonchev–Trinajstić information content (AvgIpc) is 0.811. The molecule has 0 aliphatic rings. The van der Waals surface area contributed by atoms with E-state index in [9.17, 15) is 4.79 Å². The fourth-order valence-corrected chi connectivity index (χ4v) is 0. The van der Waals surface area contributed by atoms with Crippen LogP contribution in [0, 0.1) is 0 Å². The van der Waals surface area contributed by atoms with E-state index in [1.807, 2.05) is 0 Å². The fraction of sp³-hybridized carbons (Fsp3) is 0.500. The molecule has 0 aliphatic heterocycles. The lowest BCUT2D eigenvalue weighted by atomic mass is 10.9. The topological polar surface area (TPSA) is 17.1 Å². The van der Waals surface area contributed by atoms with E-state index in [0.29, 0.717) is 0 Å². The summed E-state index contributed by atoms with van der Waals surface area (Å²) < 4.78 is 0. The van der Waals surface area contributed by atoms with Gasteiger partial charge in [0.15, 0.2) is 0 Å². The Balaban J connectivity index is 0. The van der Waals surface area contributed by atoms with E-state index in [1.54, 1.807) is 0 Å². The third kappa shape index (κ3) is 239. The van der Waals surface area contributed by atoms with Gasteiger partial charge >= 0.3 is 0 Å². The summed E-state index contributed by atoms with van der Waals surface area (Å²) in [5, 5.41) is -0.361. The Bertz CT molecular complexity index is 32.6. The molecule has 1 nitrogen and oxygen atoms in total. The molecule has 0 aliphatic carbocycles. The van der Waals surface area contributed by atoms with Gasteiger partial charge in [-0.15, -0.1) is 0 Å². The molecule has 5 heavy (non-hydrogen) atoms. The number of hydrogen-bond acceptors (Lipinski definition) is 1. The third-order valence-electron chi connectivity index (χ3n) is 0. The van der Waals surface area contributed by atoms with Gasteiger partial charge in [0.25, 0.3) is 0 Å². The standard InChI is InChI=1S/C2H3ClO.H2S/c1-2(3)4;/h1H3;1H2. The molecule has 0 saturated heterocycles. The molecule has 0 rings (SSSR count). The van der Waals surface area contributed by atoms with Crippen molar-refractivity contribution in [2.45, 2.75) is 6.92 Å². The molecule has 32 valence electrons. The van der Waals surface area contributed by atoms with E-state index in [0.717, 1.165) is 0 Å². The van der Waals surface area contributed by atoms with Gasteiger partial charge in [0.1, 0.15) is 0 Å². The predicted molar refractivity (Wildman–Crippen MR) is 26.9 cm³/mol. The van der Waals surface area contributed by atoms with Crippen molar-refractivity contribution in [3.63, 3.8) is 0 Å². The molecular weight excluding hydrogens is 108 g/mol. The quantitative estimate of drug-likeness (QED) is 0.426. The zero-order chi connectivity index (χ0) is 3.58. The van der Waals surface area contributed by atoms with Crippen molar-refractivity contribution in [2.75, 3.05) is 0 Å². The second-order valence-electron chi connectivity index (χ2n) is 0.470. The minimum absolute atomic E-state index is 0. The molecule has 0 radical (unpaired) electrons. The summed E-state index contributed by atoms with van der Waals surface area (Å²) in [7, 11) is 0. The highest BCUT2D eigenvalue weighted by Crippen LogP contribution is 1.67. The Morgan fingerprint density at radius 2 is 1.80 bits per heavy atom. The number of hydrogen-bond donors (Lipinski definition) is 0. The molecule has 0 aromatic heterocycles. The molecule has 0 atom stereocenters. The number of rotatable bonds is 0. The summed E-state index contributed by atoms with van der Waals surface area (Å²) in [6, 6.07) is 0. The lowest BCUT2D eigenvalue weighted by molar-refractivity contribution is -0.109. The van der Waals surface area contributed by atoms with Crippen molar-refractivity contribution in [3.8, 4) is 0 Å². The van der Waals surface area contributed by atoms with Crippen LogP contribution in [0.5, 0.6) is 0 Å². The van der Waals surface area contributed by atoms with Crippen LogP contribution in [0.2, 0.25) is 0 Å². The number of carbonyl (C=O) groups is 1. The van der Waals surface area contributed by atoms with E-state index in [1.165, 1.54) is 6.92 Å². The van der Waals surface area contributed by atoms with Crippen LogP contribution in [-0.2, 0) is 4.79 Å². The Labute approximate surface area is 42.8 Å². The van der Waals surface area contributed by atoms with Gasteiger partial charge in [-0.1, -0.05) is 0 Å². The Morgan fingerprint density at radius 1 is 1.80 bits per heavy atom. The molecule has 0 amide bonds. The minimum Gasteiger partial charge on any atom is -0.282 e. The van der Waals surface area contributed by atoms with Gasteiger partial charge in [-0.05, 0) is 11.6 Å². The minimum atomic E-state index is -0.361. The number of halogens is 1. The van der Waals surface area contributed by atoms with Gasteiger partial charge in [-0.3, -0.25) is 4.79 Å². The lowest BCUT2D eigenvalue weighted by Gasteiger charge is -1.52. The van der Waals surface area contributed by atoms with Crippen molar-refractivity contribution in [3.05, 3.63) is 0 Å². The first-order valence-electron chi connectivity index (χ1n) is 0.893. The van der Waals surface area contributed by atoms with Gasteiger partial charge < -0.3 is 0 Å². The van der Waals surface area contributed by atoms with Crippen LogP contribution in [0.3, 0.4) is 0 Å². The van der Waals surface area contributed by atoms with Crippen molar-refractivity contribution in [2.24, 2.45) is 0 Å². The van der Waals surface area contributed by atoms with Crippen molar-refractivity contribution < 1.29 is 4.79 Å². The molecular formula is C2H5ClOS. The molecule has 0 N–H and O–H groups in total. The summed E-state index contributed by atoms with van der Waals surface area (Å²) in [6.45, 7) is 1.29. The van der Waals surface area contributed by atoms with Gasteiger partial charge in [-0.2, -0.15) is 13.5 Å². The maximum atomic E-state index is 9.21. The first-order valence-corrected chi connectivity index (χ1v) is 1.27. The Kier molecular flexibility index (Phi) is 7.76. The van der Waals surface area contributed by atoms with Crippen LogP contribution < -0.4 is 0 Å². The highest BCUT2D eigenvalue weighted by Gasteiger charge is 1.67. The summed E-state index contributed by atoms with van der Waals surface area (Å²) in [5.74, 6) is 0. The van der Waals surface area contributed by atoms with Gasteiger partial charge in [0.2, 0.25) is 5.24 Å². The van der Waals surface area contributed by atoms with E-state index >= 15 is 0 Å².